The van der Waals surface area contributed by atoms with Crippen LogP contribution in [0.3, 0.4) is 0 Å². The molecule has 0 aliphatic rings. The van der Waals surface area contributed by atoms with E-state index in [2.05, 4.69) is 49.9 Å². The number of aromatic nitrogens is 4. The molecule has 3 heterocycles. The van der Waals surface area contributed by atoms with E-state index in [4.69, 9.17) is 0 Å². The van der Waals surface area contributed by atoms with Crippen LogP contribution in [0.2, 0.25) is 0 Å². The number of anilines is 2. The topological polar surface area (TPSA) is 108 Å². The molecule has 42 heavy (non-hydrogen) atoms. The van der Waals surface area contributed by atoms with Gasteiger partial charge in [-0.05, 0) is 49.9 Å². The lowest BCUT2D eigenvalue weighted by Gasteiger charge is -2.25. The third-order valence-electron chi connectivity index (χ3n) is 7.05. The maximum Gasteiger partial charge on any atom is 0.295 e. The molecule has 1 amide bonds. The van der Waals surface area contributed by atoms with Gasteiger partial charge in [0.2, 0.25) is 5.91 Å². The lowest BCUT2D eigenvalue weighted by Crippen LogP contribution is -2.39. The summed E-state index contributed by atoms with van der Waals surface area (Å²) in [5, 5.41) is 7.21. The number of nitrogens with one attached hydrogen (secondary N) is 3. The molecule has 9 nitrogen and oxygen atoms in total. The quantitative estimate of drug-likeness (QED) is 0.194. The van der Waals surface area contributed by atoms with Gasteiger partial charge in [-0.15, -0.1) is 0 Å². The number of benzene rings is 2. The van der Waals surface area contributed by atoms with Crippen LogP contribution in [0.25, 0.3) is 10.9 Å². The second kappa shape index (κ2) is 13.6. The minimum absolute atomic E-state index is 0.0542. The summed E-state index contributed by atoms with van der Waals surface area (Å²) in [5.41, 5.74) is 3.90. The highest BCUT2D eigenvalue weighted by molar-refractivity contribution is 5.80. The Morgan fingerprint density at radius 1 is 0.952 bits per heavy atom. The van der Waals surface area contributed by atoms with E-state index >= 15 is 0 Å². The number of aromatic amines is 1. The molecule has 5 aromatic rings. The number of carbonyl (C=O) groups excluding carboxylic acids is 1. The van der Waals surface area contributed by atoms with E-state index in [-0.39, 0.29) is 24.1 Å². The summed E-state index contributed by atoms with van der Waals surface area (Å²) in [6.07, 6.45) is 6.69. The number of fused-ring (bicyclic) bond motifs is 1. The number of pyridine rings is 1. The van der Waals surface area contributed by atoms with Gasteiger partial charge in [0, 0.05) is 48.1 Å². The maximum atomic E-state index is 14.0. The Balaban J connectivity index is 1.38. The zero-order valence-electron chi connectivity index (χ0n) is 24.1. The number of carbonyl (C=O) groups is 1. The number of amides is 1. The first-order chi connectivity index (χ1) is 20.5. The van der Waals surface area contributed by atoms with Crippen molar-refractivity contribution in [3.8, 4) is 0 Å². The molecule has 2 aromatic carbocycles. The van der Waals surface area contributed by atoms with Crippen molar-refractivity contribution in [2.24, 2.45) is 0 Å². The van der Waals surface area contributed by atoms with Crippen LogP contribution in [0, 0.1) is 0 Å². The highest BCUT2D eigenvalue weighted by atomic mass is 16.2. The predicted octanol–water partition coefficient (Wildman–Crippen LogP) is 4.55. The van der Waals surface area contributed by atoms with Gasteiger partial charge in [0.1, 0.15) is 12.4 Å². The second-order valence-electron chi connectivity index (χ2n) is 10.6. The van der Waals surface area contributed by atoms with Crippen molar-refractivity contribution in [3.05, 3.63) is 119 Å². The first-order valence-corrected chi connectivity index (χ1v) is 14.3. The van der Waals surface area contributed by atoms with E-state index in [1.807, 2.05) is 67.3 Å². The van der Waals surface area contributed by atoms with Gasteiger partial charge in [-0.2, -0.15) is 0 Å². The molecule has 216 valence electrons. The van der Waals surface area contributed by atoms with E-state index in [0.717, 1.165) is 29.4 Å². The molecule has 0 aliphatic heterocycles. The van der Waals surface area contributed by atoms with Crippen molar-refractivity contribution in [1.82, 2.24) is 24.8 Å². The largest absolute Gasteiger partial charge is 0.368 e. The fourth-order valence-electron chi connectivity index (χ4n) is 4.92. The van der Waals surface area contributed by atoms with Crippen LogP contribution in [0.1, 0.15) is 30.7 Å². The van der Waals surface area contributed by atoms with Crippen LogP contribution < -0.4 is 21.1 Å². The van der Waals surface area contributed by atoms with E-state index in [1.165, 1.54) is 15.7 Å². The van der Waals surface area contributed by atoms with Crippen molar-refractivity contribution in [2.75, 3.05) is 23.3 Å². The summed E-state index contributed by atoms with van der Waals surface area (Å²) in [7, 11) is 0. The van der Waals surface area contributed by atoms with Crippen molar-refractivity contribution < 1.29 is 4.79 Å². The molecular formula is C33H37N7O2. The monoisotopic (exact) mass is 563 g/mol. The lowest BCUT2D eigenvalue weighted by molar-refractivity contribution is -0.121. The van der Waals surface area contributed by atoms with Gasteiger partial charge in [-0.3, -0.25) is 19.1 Å². The SMILES string of the molecule is CC(C)Nc1cnc(N(CCc2ccccc2)CCc2ccccc2)c(=O)n1CC(=O)NCc1cc2cnccc2[nH]1. The number of H-pyrrole nitrogens is 1. The molecule has 0 fully saturated rings. The Kier molecular flexibility index (Phi) is 9.28. The molecule has 3 N–H and O–H groups in total. The second-order valence-corrected chi connectivity index (χ2v) is 10.6. The van der Waals surface area contributed by atoms with Crippen LogP contribution in [0.15, 0.2) is 96.2 Å². The molecule has 0 atom stereocenters. The van der Waals surface area contributed by atoms with E-state index in [0.29, 0.717) is 31.3 Å². The third kappa shape index (κ3) is 7.42. The zero-order valence-corrected chi connectivity index (χ0v) is 24.1. The minimum atomic E-state index is -0.298. The Morgan fingerprint density at radius 3 is 2.24 bits per heavy atom. The maximum absolute atomic E-state index is 14.0. The van der Waals surface area contributed by atoms with Crippen LogP contribution in [0.5, 0.6) is 0 Å². The molecule has 0 bridgehead atoms. The summed E-state index contributed by atoms with van der Waals surface area (Å²) in [4.78, 5) is 41.2. The Bertz CT molecular complexity index is 1590. The Labute approximate surface area is 245 Å². The van der Waals surface area contributed by atoms with Crippen LogP contribution >= 0.6 is 0 Å². The Morgan fingerprint density at radius 2 is 1.62 bits per heavy atom. The first kappa shape index (κ1) is 28.6. The summed E-state index contributed by atoms with van der Waals surface area (Å²) >= 11 is 0. The summed E-state index contributed by atoms with van der Waals surface area (Å²) < 4.78 is 1.49. The van der Waals surface area contributed by atoms with Crippen LogP contribution in [-0.2, 0) is 30.7 Å². The van der Waals surface area contributed by atoms with E-state index in [1.54, 1.807) is 18.6 Å². The minimum Gasteiger partial charge on any atom is -0.368 e. The van der Waals surface area contributed by atoms with Gasteiger partial charge in [-0.25, -0.2) is 4.98 Å². The van der Waals surface area contributed by atoms with Gasteiger partial charge >= 0.3 is 0 Å². The standard InChI is InChI=1S/C33H37N7O2/c1-24(2)37-30-22-36-32(39(17-14-25-9-5-3-6-10-25)18-15-26-11-7-4-8-12-26)33(42)40(30)23-31(41)35-21-28-19-27-20-34-16-13-29(27)38-28/h3-13,16,19-20,22,24,37-38H,14-15,17-18,21,23H2,1-2H3,(H,35,41). The fourth-order valence-corrected chi connectivity index (χ4v) is 4.92. The van der Waals surface area contributed by atoms with Gasteiger partial charge in [0.05, 0.1) is 12.7 Å². The van der Waals surface area contributed by atoms with Crippen molar-refractivity contribution >= 4 is 28.4 Å². The van der Waals surface area contributed by atoms with Gasteiger partial charge in [-0.1, -0.05) is 60.7 Å². The van der Waals surface area contributed by atoms with Crippen LogP contribution in [-0.4, -0.2) is 44.6 Å². The molecule has 0 saturated carbocycles. The smallest absolute Gasteiger partial charge is 0.295 e. The molecule has 3 aromatic heterocycles. The summed E-state index contributed by atoms with van der Waals surface area (Å²) in [5.74, 6) is 0.585. The number of hydrogen-bond acceptors (Lipinski definition) is 6. The Hall–Kier alpha value is -4.92. The average Bonchev–Trinajstić information content (AvgIpc) is 3.42. The number of hydrogen-bond donors (Lipinski definition) is 3. The summed E-state index contributed by atoms with van der Waals surface area (Å²) in [6, 6.07) is 24.3. The molecule has 0 saturated heterocycles. The van der Waals surface area contributed by atoms with E-state index in [9.17, 15) is 9.59 Å². The fraction of sp³-hybridized carbons (Fsp3) is 0.273. The number of rotatable bonds is 13. The van der Waals surface area contributed by atoms with Crippen molar-refractivity contribution in [1.29, 1.82) is 0 Å². The van der Waals surface area contributed by atoms with E-state index < -0.39 is 0 Å². The molecule has 0 spiro atoms. The predicted molar refractivity (Wildman–Crippen MR) is 168 cm³/mol. The lowest BCUT2D eigenvalue weighted by atomic mass is 10.1. The van der Waals surface area contributed by atoms with Crippen LogP contribution in [0.4, 0.5) is 11.6 Å². The highest BCUT2D eigenvalue weighted by Gasteiger charge is 2.19. The molecule has 5 rings (SSSR count). The molecular weight excluding hydrogens is 526 g/mol. The highest BCUT2D eigenvalue weighted by Crippen LogP contribution is 2.15. The first-order valence-electron chi connectivity index (χ1n) is 14.3. The third-order valence-corrected chi connectivity index (χ3v) is 7.05. The summed E-state index contributed by atoms with van der Waals surface area (Å²) in [6.45, 7) is 5.40. The molecule has 0 radical (unpaired) electrons. The van der Waals surface area contributed by atoms with Gasteiger partial charge < -0.3 is 20.5 Å². The normalized spacial score (nSPS) is 11.1. The molecule has 0 unspecified atom stereocenters. The number of nitrogens with zero attached hydrogens (tertiary/aromatic N) is 4. The van der Waals surface area contributed by atoms with Gasteiger partial charge in [0.15, 0.2) is 5.82 Å². The van der Waals surface area contributed by atoms with Gasteiger partial charge in [0.25, 0.3) is 5.56 Å². The van der Waals surface area contributed by atoms with Crippen molar-refractivity contribution in [3.63, 3.8) is 0 Å². The average molecular weight is 564 g/mol. The zero-order chi connectivity index (χ0) is 29.3. The molecule has 9 heteroatoms. The van der Waals surface area contributed by atoms with Crippen molar-refractivity contribution in [2.45, 2.75) is 45.8 Å². The molecule has 0 aliphatic carbocycles.